The van der Waals surface area contributed by atoms with Crippen molar-refractivity contribution in [2.45, 2.75) is 20.8 Å². The first-order chi connectivity index (χ1) is 18.0. The lowest BCUT2D eigenvalue weighted by Crippen LogP contribution is -3.10. The Balaban J connectivity index is 1.42. The number of nitrogens with zero attached hydrogens (tertiary/aromatic N) is 3. The molecule has 1 aliphatic heterocycles. The number of benzene rings is 2. The van der Waals surface area contributed by atoms with Crippen LogP contribution in [0.25, 0.3) is 17.1 Å². The van der Waals surface area contributed by atoms with Crippen LogP contribution in [0, 0.1) is 13.8 Å². The van der Waals surface area contributed by atoms with E-state index in [-0.39, 0.29) is 5.97 Å². The summed E-state index contributed by atoms with van der Waals surface area (Å²) in [6.45, 7) is 9.76. The maximum absolute atomic E-state index is 12.8. The average Bonchev–Trinajstić information content (AvgIpc) is 3.20. The van der Waals surface area contributed by atoms with E-state index in [1.54, 1.807) is 11.3 Å². The average molecular weight is 515 g/mol. The maximum Gasteiger partial charge on any atom is 0.341 e. The van der Waals surface area contributed by atoms with Crippen LogP contribution in [0.2, 0.25) is 0 Å². The normalized spacial score (nSPS) is 14.4. The van der Waals surface area contributed by atoms with Crippen molar-refractivity contribution in [3.8, 4) is 0 Å². The first-order valence-electron chi connectivity index (χ1n) is 12.7. The highest BCUT2D eigenvalue weighted by Gasteiger charge is 2.26. The number of esters is 1. The second kappa shape index (κ2) is 11.1. The van der Waals surface area contributed by atoms with Gasteiger partial charge in [0.2, 0.25) is 0 Å². The molecule has 2 aromatic carbocycles. The van der Waals surface area contributed by atoms with Crippen LogP contribution in [0.4, 0.5) is 16.6 Å². The molecule has 5 rings (SSSR count). The van der Waals surface area contributed by atoms with Gasteiger partial charge >= 0.3 is 5.97 Å². The van der Waals surface area contributed by atoms with Gasteiger partial charge in [0, 0.05) is 4.88 Å². The van der Waals surface area contributed by atoms with Crippen LogP contribution >= 0.6 is 11.3 Å². The molecule has 190 valence electrons. The van der Waals surface area contributed by atoms with E-state index in [2.05, 4.69) is 46.8 Å². The molecule has 0 bridgehead atoms. The third-order valence-electron chi connectivity index (χ3n) is 6.67. The number of rotatable bonds is 7. The van der Waals surface area contributed by atoms with E-state index in [1.807, 2.05) is 51.1 Å². The number of piperazine rings is 1. The van der Waals surface area contributed by atoms with Gasteiger partial charge in [-0.3, -0.25) is 0 Å². The molecular formula is C29H32N5O2S+. The Bertz CT molecular complexity index is 1430. The van der Waals surface area contributed by atoms with E-state index in [4.69, 9.17) is 14.7 Å². The Morgan fingerprint density at radius 3 is 2.43 bits per heavy atom. The van der Waals surface area contributed by atoms with Crippen LogP contribution in [-0.4, -0.2) is 48.7 Å². The second-order valence-corrected chi connectivity index (χ2v) is 10.3. The van der Waals surface area contributed by atoms with E-state index < -0.39 is 0 Å². The van der Waals surface area contributed by atoms with Gasteiger partial charge in [-0.1, -0.05) is 42.5 Å². The maximum atomic E-state index is 12.8. The van der Waals surface area contributed by atoms with Crippen molar-refractivity contribution in [1.29, 1.82) is 0 Å². The quantitative estimate of drug-likeness (QED) is 0.351. The Labute approximate surface area is 221 Å². The summed E-state index contributed by atoms with van der Waals surface area (Å²) >= 11 is 1.54. The summed E-state index contributed by atoms with van der Waals surface area (Å²) in [6, 6.07) is 18.3. The van der Waals surface area contributed by atoms with Crippen molar-refractivity contribution in [3.63, 3.8) is 0 Å². The van der Waals surface area contributed by atoms with Crippen LogP contribution < -0.4 is 15.1 Å². The second-order valence-electron chi connectivity index (χ2n) is 9.11. The van der Waals surface area contributed by atoms with Crippen LogP contribution in [0.1, 0.15) is 33.3 Å². The van der Waals surface area contributed by atoms with Crippen molar-refractivity contribution in [2.24, 2.45) is 0 Å². The first-order valence-corrected chi connectivity index (χ1v) is 13.5. The van der Waals surface area contributed by atoms with Gasteiger partial charge in [-0.05, 0) is 50.1 Å². The van der Waals surface area contributed by atoms with Crippen LogP contribution in [-0.2, 0) is 4.74 Å². The van der Waals surface area contributed by atoms with Crippen LogP contribution in [0.15, 0.2) is 60.8 Å². The third-order valence-corrected chi connectivity index (χ3v) is 7.79. The van der Waals surface area contributed by atoms with E-state index >= 15 is 0 Å². The number of carbonyl (C=O) groups is 1. The van der Waals surface area contributed by atoms with E-state index in [9.17, 15) is 4.79 Å². The Hall–Kier alpha value is -3.75. The summed E-state index contributed by atoms with van der Waals surface area (Å²) < 4.78 is 5.36. The zero-order chi connectivity index (χ0) is 25.8. The number of nitrogens with one attached hydrogen (secondary N) is 2. The summed E-state index contributed by atoms with van der Waals surface area (Å²) in [6.07, 6.45) is 4.44. The molecule has 0 atom stereocenters. The summed E-state index contributed by atoms with van der Waals surface area (Å²) in [5.74, 6) is 1.15. The van der Waals surface area contributed by atoms with Gasteiger partial charge < -0.3 is 19.9 Å². The van der Waals surface area contributed by atoms with Crippen molar-refractivity contribution in [1.82, 2.24) is 9.97 Å². The molecule has 1 fully saturated rings. The van der Waals surface area contributed by atoms with Gasteiger partial charge in [0.25, 0.3) is 0 Å². The minimum absolute atomic E-state index is 0.315. The van der Waals surface area contributed by atoms with Crippen molar-refractivity contribution in [3.05, 3.63) is 82.4 Å². The topological polar surface area (TPSA) is 71.8 Å². The van der Waals surface area contributed by atoms with Gasteiger partial charge in [-0.25, -0.2) is 14.8 Å². The number of aromatic nitrogens is 2. The third kappa shape index (κ3) is 5.50. The number of ether oxygens (including phenoxy) is 1. The largest absolute Gasteiger partial charge is 0.462 e. The predicted octanol–water partition coefficient (Wildman–Crippen LogP) is 4.60. The molecule has 0 saturated carbocycles. The molecule has 8 heteroatoms. The van der Waals surface area contributed by atoms with Gasteiger partial charge in [-0.2, -0.15) is 0 Å². The summed E-state index contributed by atoms with van der Waals surface area (Å²) in [5.41, 5.74) is 4.38. The van der Waals surface area contributed by atoms with E-state index in [0.717, 1.165) is 58.5 Å². The number of hydrogen-bond acceptors (Lipinski definition) is 7. The number of para-hydroxylation sites is 2. The highest BCUT2D eigenvalue weighted by molar-refractivity contribution is 7.16. The molecule has 4 aromatic rings. The fourth-order valence-corrected chi connectivity index (χ4v) is 5.56. The lowest BCUT2D eigenvalue weighted by Gasteiger charge is -2.32. The summed E-state index contributed by atoms with van der Waals surface area (Å²) in [7, 11) is 0. The molecule has 2 N–H and O–H groups in total. The Morgan fingerprint density at radius 1 is 1.05 bits per heavy atom. The standard InChI is InChI=1S/C29H31N5O2S/c1-4-36-29(35)25-20(2)21(3)37-28(25)32-26-27(31-24-13-9-8-12-23(24)30-26)34-18-16-33(17-19-34)15-14-22-10-6-5-7-11-22/h5-15H,4,16-19H2,1-3H3,(H,30,32)/p+1/b15-14+. The number of aryl methyl sites for hydroxylation is 1. The van der Waals surface area contributed by atoms with Crippen molar-refractivity contribution < 1.29 is 14.4 Å². The van der Waals surface area contributed by atoms with Gasteiger partial charge in [0.15, 0.2) is 11.6 Å². The Morgan fingerprint density at radius 2 is 1.73 bits per heavy atom. The lowest BCUT2D eigenvalue weighted by molar-refractivity contribution is -0.846. The fourth-order valence-electron chi connectivity index (χ4n) is 4.52. The summed E-state index contributed by atoms with van der Waals surface area (Å²) in [5, 5.41) is 4.22. The Kier molecular flexibility index (Phi) is 7.48. The molecule has 1 saturated heterocycles. The predicted molar refractivity (Wildman–Crippen MR) is 151 cm³/mol. The number of fused-ring (bicyclic) bond motifs is 1. The SMILES string of the molecule is CCOC(=O)c1c(Nc2nc3ccccc3nc2N2CC[NH+](/C=C/c3ccccc3)CC2)sc(C)c1C. The number of hydrogen-bond donors (Lipinski definition) is 2. The van der Waals surface area contributed by atoms with E-state index in [0.29, 0.717) is 18.0 Å². The fraction of sp³-hybridized carbons (Fsp3) is 0.276. The van der Waals surface area contributed by atoms with E-state index in [1.165, 1.54) is 10.5 Å². The molecule has 1 aliphatic rings. The minimum Gasteiger partial charge on any atom is -0.462 e. The van der Waals surface area contributed by atoms with Gasteiger partial charge in [0.05, 0.1) is 55.6 Å². The molecule has 0 aliphatic carbocycles. The molecule has 37 heavy (non-hydrogen) atoms. The van der Waals surface area contributed by atoms with Crippen LogP contribution in [0.3, 0.4) is 0 Å². The molecule has 2 aromatic heterocycles. The first kappa shape index (κ1) is 24.9. The molecule has 7 nitrogen and oxygen atoms in total. The summed E-state index contributed by atoms with van der Waals surface area (Å²) in [4.78, 5) is 27.5. The smallest absolute Gasteiger partial charge is 0.341 e. The zero-order valence-electron chi connectivity index (χ0n) is 21.5. The highest BCUT2D eigenvalue weighted by atomic mass is 32.1. The zero-order valence-corrected chi connectivity index (χ0v) is 22.3. The van der Waals surface area contributed by atoms with Crippen molar-refractivity contribution >= 4 is 51.1 Å². The molecular weight excluding hydrogens is 482 g/mol. The number of thiophene rings is 1. The monoisotopic (exact) mass is 514 g/mol. The van der Waals surface area contributed by atoms with Gasteiger partial charge in [-0.15, -0.1) is 11.3 Å². The lowest BCUT2D eigenvalue weighted by atomic mass is 10.1. The molecule has 0 spiro atoms. The van der Waals surface area contributed by atoms with Gasteiger partial charge in [0.1, 0.15) is 5.00 Å². The minimum atomic E-state index is -0.315. The van der Waals surface area contributed by atoms with Crippen LogP contribution in [0.5, 0.6) is 0 Å². The number of carbonyl (C=O) groups excluding carboxylic acids is 1. The highest BCUT2D eigenvalue weighted by Crippen LogP contribution is 2.37. The number of quaternary nitrogens is 1. The molecule has 0 radical (unpaired) electrons. The molecule has 0 unspecified atom stereocenters. The number of anilines is 3. The molecule has 0 amide bonds. The molecule has 3 heterocycles. The van der Waals surface area contributed by atoms with Crippen molar-refractivity contribution in [2.75, 3.05) is 43.0 Å².